The van der Waals surface area contributed by atoms with E-state index in [-0.39, 0.29) is 5.92 Å². The normalized spacial score (nSPS) is 10.8. The van der Waals surface area contributed by atoms with Crippen LogP contribution in [0, 0.1) is 11.3 Å². The van der Waals surface area contributed by atoms with Gasteiger partial charge in [-0.05, 0) is 11.8 Å². The van der Waals surface area contributed by atoms with Crippen molar-refractivity contribution in [3.8, 4) is 0 Å². The second-order valence-corrected chi connectivity index (χ2v) is 5.16. The Morgan fingerprint density at radius 1 is 1.29 bits per heavy atom. The highest BCUT2D eigenvalue weighted by Crippen LogP contribution is 2.20. The first-order valence-electron chi connectivity index (χ1n) is 5.43. The number of carboxylic acids is 1. The zero-order valence-corrected chi connectivity index (χ0v) is 10.6. The van der Waals surface area contributed by atoms with Crippen LogP contribution >= 0.6 is 0 Å². The Morgan fingerprint density at radius 2 is 1.64 bits per heavy atom. The monoisotopic (exact) mass is 202 g/mol. The summed E-state index contributed by atoms with van der Waals surface area (Å²) in [6.07, 6.45) is 4.07. The van der Waals surface area contributed by atoms with E-state index in [4.69, 9.17) is 5.11 Å². The van der Waals surface area contributed by atoms with Crippen LogP contribution in [0.4, 0.5) is 0 Å². The molecular weight excluding hydrogens is 176 g/mol. The van der Waals surface area contributed by atoms with Gasteiger partial charge >= 0.3 is 5.97 Å². The summed E-state index contributed by atoms with van der Waals surface area (Å²) in [5.41, 5.74) is 0.552. The van der Waals surface area contributed by atoms with Gasteiger partial charge in [-0.1, -0.05) is 54.4 Å². The third kappa shape index (κ3) is 17.5. The molecular formula is C12H26O2. The Balaban J connectivity index is 0. The number of carboxylic acid groups (broad SMARTS) is 1. The lowest BCUT2D eigenvalue weighted by atomic mass is 9.90. The Labute approximate surface area is 88.7 Å². The fraction of sp³-hybridized carbons (Fsp3) is 0.917. The topological polar surface area (TPSA) is 37.3 Å². The third-order valence-electron chi connectivity index (χ3n) is 1.77. The Morgan fingerprint density at radius 3 is 1.71 bits per heavy atom. The highest BCUT2D eigenvalue weighted by Gasteiger charge is 2.07. The van der Waals surface area contributed by atoms with E-state index in [9.17, 15) is 4.79 Å². The molecule has 0 aliphatic heterocycles. The van der Waals surface area contributed by atoms with Crippen molar-refractivity contribution >= 4 is 5.97 Å². The highest BCUT2D eigenvalue weighted by atomic mass is 16.4. The van der Waals surface area contributed by atoms with E-state index >= 15 is 0 Å². The molecule has 0 atom stereocenters. The molecule has 14 heavy (non-hydrogen) atoms. The third-order valence-corrected chi connectivity index (χ3v) is 1.77. The van der Waals surface area contributed by atoms with Crippen LogP contribution in [-0.2, 0) is 4.79 Å². The van der Waals surface area contributed by atoms with Crippen LogP contribution in [0.5, 0.6) is 0 Å². The lowest BCUT2D eigenvalue weighted by Gasteiger charge is -2.16. The summed E-state index contributed by atoms with van der Waals surface area (Å²) in [6, 6.07) is 0. The molecule has 2 heteroatoms. The summed E-state index contributed by atoms with van der Waals surface area (Å²) < 4.78 is 0. The SMILES string of the molecule is CC(C)C(=O)O.CCCCC(C)(C)C. The molecule has 0 aromatic carbocycles. The average molecular weight is 202 g/mol. The maximum atomic E-state index is 9.70. The maximum Gasteiger partial charge on any atom is 0.305 e. The molecule has 0 aromatic heterocycles. The molecule has 0 aliphatic carbocycles. The first-order chi connectivity index (χ1) is 6.20. The van der Waals surface area contributed by atoms with Crippen LogP contribution in [0.25, 0.3) is 0 Å². The number of aliphatic carboxylic acids is 1. The molecule has 0 saturated heterocycles. The molecule has 0 bridgehead atoms. The quantitative estimate of drug-likeness (QED) is 0.752. The van der Waals surface area contributed by atoms with Gasteiger partial charge in [-0.3, -0.25) is 4.79 Å². The fourth-order valence-corrected chi connectivity index (χ4v) is 0.707. The van der Waals surface area contributed by atoms with E-state index in [1.807, 2.05) is 0 Å². The average Bonchev–Trinajstić information content (AvgIpc) is 2.00. The van der Waals surface area contributed by atoms with Crippen LogP contribution in [-0.4, -0.2) is 11.1 Å². The van der Waals surface area contributed by atoms with E-state index in [1.54, 1.807) is 13.8 Å². The summed E-state index contributed by atoms with van der Waals surface area (Å²) in [7, 11) is 0. The number of carbonyl (C=O) groups is 1. The number of unbranched alkanes of at least 4 members (excludes halogenated alkanes) is 1. The zero-order chi connectivity index (χ0) is 11.8. The molecule has 0 unspecified atom stereocenters. The van der Waals surface area contributed by atoms with Gasteiger partial charge in [0, 0.05) is 0 Å². The molecule has 0 amide bonds. The zero-order valence-electron chi connectivity index (χ0n) is 10.6. The molecule has 2 nitrogen and oxygen atoms in total. The molecule has 0 rings (SSSR count). The molecule has 0 saturated carbocycles. The van der Waals surface area contributed by atoms with Crippen molar-refractivity contribution in [1.29, 1.82) is 0 Å². The summed E-state index contributed by atoms with van der Waals surface area (Å²) in [4.78, 5) is 9.70. The minimum absolute atomic E-state index is 0.231. The minimum atomic E-state index is -0.741. The van der Waals surface area contributed by atoms with E-state index in [0.717, 1.165) is 0 Å². The van der Waals surface area contributed by atoms with Gasteiger partial charge in [-0.2, -0.15) is 0 Å². The number of hydrogen-bond donors (Lipinski definition) is 1. The standard InChI is InChI=1S/C8H18.C4H8O2/c1-5-6-7-8(2,3)4;1-3(2)4(5)6/h5-7H2,1-4H3;3H,1-2H3,(H,5,6). The van der Waals surface area contributed by atoms with Crippen molar-refractivity contribution in [1.82, 2.24) is 0 Å². The van der Waals surface area contributed by atoms with Crippen molar-refractivity contribution in [2.45, 2.75) is 60.8 Å². The van der Waals surface area contributed by atoms with E-state index in [0.29, 0.717) is 5.41 Å². The number of hydrogen-bond acceptors (Lipinski definition) is 1. The Kier molecular flexibility index (Phi) is 8.91. The van der Waals surface area contributed by atoms with Gasteiger partial charge in [-0.25, -0.2) is 0 Å². The summed E-state index contributed by atoms with van der Waals surface area (Å²) in [6.45, 7) is 12.4. The summed E-state index contributed by atoms with van der Waals surface area (Å²) in [5.74, 6) is -0.972. The van der Waals surface area contributed by atoms with Crippen molar-refractivity contribution in [2.75, 3.05) is 0 Å². The van der Waals surface area contributed by atoms with Crippen molar-refractivity contribution in [2.24, 2.45) is 11.3 Å². The van der Waals surface area contributed by atoms with Crippen molar-refractivity contribution in [3.05, 3.63) is 0 Å². The molecule has 0 spiro atoms. The van der Waals surface area contributed by atoms with Crippen LogP contribution in [0.1, 0.15) is 60.8 Å². The number of rotatable bonds is 3. The van der Waals surface area contributed by atoms with Gasteiger partial charge < -0.3 is 5.11 Å². The van der Waals surface area contributed by atoms with Gasteiger partial charge in [-0.15, -0.1) is 0 Å². The summed E-state index contributed by atoms with van der Waals surface area (Å²) >= 11 is 0. The first kappa shape index (κ1) is 15.9. The van der Waals surface area contributed by atoms with Crippen LogP contribution < -0.4 is 0 Å². The van der Waals surface area contributed by atoms with Gasteiger partial charge in [0.05, 0.1) is 5.92 Å². The molecule has 0 heterocycles. The van der Waals surface area contributed by atoms with Gasteiger partial charge in [0.25, 0.3) is 0 Å². The largest absolute Gasteiger partial charge is 0.481 e. The second kappa shape index (κ2) is 7.84. The first-order valence-corrected chi connectivity index (χ1v) is 5.43. The van der Waals surface area contributed by atoms with E-state index in [1.165, 1.54) is 19.3 Å². The molecule has 0 aliphatic rings. The van der Waals surface area contributed by atoms with Crippen molar-refractivity contribution < 1.29 is 9.90 Å². The molecule has 1 N–H and O–H groups in total. The Bertz CT molecular complexity index is 143. The molecule has 0 fully saturated rings. The van der Waals surface area contributed by atoms with E-state index in [2.05, 4.69) is 27.7 Å². The lowest BCUT2D eigenvalue weighted by Crippen LogP contribution is -2.03. The van der Waals surface area contributed by atoms with Crippen LogP contribution in [0.15, 0.2) is 0 Å². The predicted octanol–water partition coefficient (Wildman–Crippen LogP) is 3.95. The van der Waals surface area contributed by atoms with E-state index < -0.39 is 5.97 Å². The second-order valence-electron chi connectivity index (χ2n) is 5.16. The van der Waals surface area contributed by atoms with Gasteiger partial charge in [0.1, 0.15) is 0 Å². The minimum Gasteiger partial charge on any atom is -0.481 e. The molecule has 0 radical (unpaired) electrons. The fourth-order valence-electron chi connectivity index (χ4n) is 0.707. The molecule has 0 aromatic rings. The summed E-state index contributed by atoms with van der Waals surface area (Å²) in [5, 5.41) is 7.99. The van der Waals surface area contributed by atoms with Gasteiger partial charge in [0.2, 0.25) is 0 Å². The Hall–Kier alpha value is -0.530. The lowest BCUT2D eigenvalue weighted by molar-refractivity contribution is -0.140. The van der Waals surface area contributed by atoms with Crippen LogP contribution in [0.2, 0.25) is 0 Å². The smallest absolute Gasteiger partial charge is 0.305 e. The highest BCUT2D eigenvalue weighted by molar-refractivity contribution is 5.68. The molecule has 86 valence electrons. The predicted molar refractivity (Wildman–Crippen MR) is 61.5 cm³/mol. The van der Waals surface area contributed by atoms with Crippen LogP contribution in [0.3, 0.4) is 0 Å². The maximum absolute atomic E-state index is 9.70. The van der Waals surface area contributed by atoms with Gasteiger partial charge in [0.15, 0.2) is 0 Å². The van der Waals surface area contributed by atoms with Crippen molar-refractivity contribution in [3.63, 3.8) is 0 Å².